The number of guanidine groups is 1. The molecule has 0 saturated carbocycles. The molecule has 0 bridgehead atoms. The van der Waals surface area contributed by atoms with E-state index in [1.807, 2.05) is 6.92 Å². The van der Waals surface area contributed by atoms with Crippen LogP contribution >= 0.6 is 11.8 Å². The number of aromatic nitrogens is 2. The van der Waals surface area contributed by atoms with Crippen LogP contribution in [0.2, 0.25) is 0 Å². The topological polar surface area (TPSA) is 676 Å². The molecular weight excluding hydrogens is 1720 g/mol. The van der Waals surface area contributed by atoms with Gasteiger partial charge in [-0.3, -0.25) is 91.7 Å². The molecule has 5 heterocycles. The SMILES string of the molecule is CCCC[C@H]1C(=O)N(C)[C@@H](C)C(=O)N[C@@H](CCCNC(=N)N)C(=O)N[C@H](C(=O)NCC(N)=O)CSCC(=O)N[C@@H](Cc2ccc(O)cc2)C(=O)N(C)[C@@H](C)C(=O)N[C@H](CC(N)=O)C(=O)N2CCC[C@H]2C(=O)N[C@@H](CC(N)=O)C(=O)N[C@@H](CC(C)C)C(=O)N2C[C@H](O)C[C@H]2C(=O)N[C@@H](Cc2c[nH]c3ccccc23)C(=O)N[C@@H](CO)C(=O)N[C@@H](Cc2c[nH]c3ccccc23)C(=O)N1C. The zero-order chi connectivity index (χ0) is 96.4. The van der Waals surface area contributed by atoms with Crippen molar-refractivity contribution in [3.63, 3.8) is 0 Å². The van der Waals surface area contributed by atoms with E-state index in [1.165, 1.54) is 59.3 Å². The van der Waals surface area contributed by atoms with Gasteiger partial charge in [-0.2, -0.15) is 0 Å². The number of amides is 18. The van der Waals surface area contributed by atoms with Crippen LogP contribution in [0.5, 0.6) is 5.75 Å². The lowest BCUT2D eigenvalue weighted by Crippen LogP contribution is -2.61. The summed E-state index contributed by atoms with van der Waals surface area (Å²) in [6, 6.07) is -3.31. The van der Waals surface area contributed by atoms with Crippen molar-refractivity contribution in [2.45, 2.75) is 215 Å². The molecule has 0 unspecified atom stereocenters. The van der Waals surface area contributed by atoms with Crippen molar-refractivity contribution in [3.05, 3.63) is 102 Å². The Hall–Kier alpha value is -13.5. The van der Waals surface area contributed by atoms with Crippen LogP contribution in [-0.4, -0.2) is 318 Å². The number of hydrogen-bond acceptors (Lipinski definition) is 23. The number of carbonyl (C=O) groups is 18. The monoisotopic (exact) mass is 1840 g/mol. The van der Waals surface area contributed by atoms with Crippen LogP contribution in [0.3, 0.4) is 0 Å². The maximum Gasteiger partial charge on any atom is 0.246 e. The Balaban J connectivity index is 1.18. The first-order chi connectivity index (χ1) is 62.1. The average molecular weight is 1850 g/mol. The Morgan fingerprint density at radius 2 is 1.04 bits per heavy atom. The number of rotatable bonds is 23. The highest BCUT2D eigenvalue weighted by molar-refractivity contribution is 8.00. The lowest BCUT2D eigenvalue weighted by molar-refractivity contribution is -0.149. The predicted octanol–water partition coefficient (Wildman–Crippen LogP) is -5.19. The molecule has 3 aliphatic heterocycles. The third-order valence-electron chi connectivity index (χ3n) is 23.1. The second-order valence-corrected chi connectivity index (χ2v) is 34.4. The van der Waals surface area contributed by atoms with E-state index < -0.39 is 259 Å². The number of aromatic amines is 2. The van der Waals surface area contributed by atoms with Gasteiger partial charge in [0.25, 0.3) is 0 Å². The van der Waals surface area contributed by atoms with E-state index in [0.717, 1.165) is 36.3 Å². The van der Waals surface area contributed by atoms with Crippen LogP contribution in [0.25, 0.3) is 21.8 Å². The van der Waals surface area contributed by atoms with Gasteiger partial charge in [0.05, 0.1) is 37.9 Å². The molecule has 44 nitrogen and oxygen atoms in total. The number of nitrogens with zero attached hydrogens (tertiary/aromatic N) is 5. The van der Waals surface area contributed by atoms with Gasteiger partial charge in [0.15, 0.2) is 5.96 Å². The Kier molecular flexibility index (Phi) is 37.9. The summed E-state index contributed by atoms with van der Waals surface area (Å²) in [5.41, 5.74) is 24.9. The molecule has 3 saturated heterocycles. The minimum absolute atomic E-state index is 0.0210. The van der Waals surface area contributed by atoms with E-state index in [9.17, 15) is 72.9 Å². The first-order valence-electron chi connectivity index (χ1n) is 43.2. The molecule has 5 aromatic rings. The average Bonchev–Trinajstić information content (AvgIpc) is 1.66. The number of nitrogens with two attached hydrogens (primary N) is 4. The third kappa shape index (κ3) is 28.8. The molecule has 0 aliphatic carbocycles. The Morgan fingerprint density at radius 1 is 0.534 bits per heavy atom. The van der Waals surface area contributed by atoms with Crippen molar-refractivity contribution in [3.8, 4) is 5.75 Å². The van der Waals surface area contributed by atoms with Crippen molar-refractivity contribution in [1.82, 2.24) is 93.0 Å². The molecule has 3 aromatic carbocycles. The molecular formula is C86H121N23O21S. The molecule has 3 fully saturated rings. The Bertz CT molecular complexity index is 5010. The fourth-order valence-electron chi connectivity index (χ4n) is 15.7. The number of unbranched alkanes of at least 4 members (excludes halogenated alkanes) is 1. The molecule has 712 valence electrons. The fourth-order valence-corrected chi connectivity index (χ4v) is 16.6. The number of likely N-dealkylation sites (N-methyl/N-ethyl adjacent to an activating group) is 3. The summed E-state index contributed by atoms with van der Waals surface area (Å²) in [5, 5.41) is 69.8. The van der Waals surface area contributed by atoms with E-state index in [4.69, 9.17) is 28.3 Å². The van der Waals surface area contributed by atoms with E-state index in [-0.39, 0.29) is 76.6 Å². The van der Waals surface area contributed by atoms with E-state index in [0.29, 0.717) is 51.3 Å². The largest absolute Gasteiger partial charge is 0.508 e. The van der Waals surface area contributed by atoms with Gasteiger partial charge in [0.1, 0.15) is 90.3 Å². The zero-order valence-electron chi connectivity index (χ0n) is 74.3. The number of benzene rings is 3. The summed E-state index contributed by atoms with van der Waals surface area (Å²) >= 11 is 0.738. The summed E-state index contributed by atoms with van der Waals surface area (Å²) in [4.78, 5) is 271. The Labute approximate surface area is 759 Å². The normalized spacial score (nSPS) is 25.1. The van der Waals surface area contributed by atoms with Crippen LogP contribution < -0.4 is 81.4 Å². The number of para-hydroxylation sites is 2. The number of phenolic OH excluding ortho intramolecular Hbond substituents is 1. The zero-order valence-corrected chi connectivity index (χ0v) is 75.1. The smallest absolute Gasteiger partial charge is 0.246 e. The van der Waals surface area contributed by atoms with Gasteiger partial charge in [-0.15, -0.1) is 11.8 Å². The van der Waals surface area contributed by atoms with E-state index >= 15 is 28.8 Å². The number of primary amides is 3. The summed E-state index contributed by atoms with van der Waals surface area (Å²) in [5.74, 6) is -20.2. The lowest BCUT2D eigenvalue weighted by Gasteiger charge is -2.35. The van der Waals surface area contributed by atoms with E-state index in [1.54, 1.807) is 74.8 Å². The number of phenols is 1. The molecule has 25 N–H and O–H groups in total. The standard InChI is InChI=1S/C86H121N23O21S/c1-9-10-22-66-85(130)106(7)46(5)72(117)97-56(21-15-28-92-86(90)91)75(120)104-64(74(119)95-39-70(89)115)42-131-43-71(116)96-60(31-47-24-26-50(111)27-25-47)81(126)105(6)45(4)73(118)100-62(36-69(88)114)83(128)108-29-16-23-65(108)79(124)99-58(35-68(87)113)77(122)101-59(30-44(2)3)84(129)109-40-51(112)34-67(109)80(125)98-57(32-48-37-93-54-19-13-11-17-52(48)54)76(121)103-63(41-110)78(123)102-61(82(127)107(66)8)33-49-38-94-55-20-14-12-18-53(49)55/h11-14,17-20,24-27,37-38,44-46,51,56-67,93-94,110-112H,9-10,15-16,21-23,28-36,39-43H2,1-8H3,(H2,87,113)(H2,88,114)(H2,89,115)(H,95,119)(H,96,116)(H,97,117)(H,98,125)(H,99,124)(H,100,118)(H,101,122)(H,102,123)(H,103,121)(H,104,120)(H4,90,91,92)/t45-,46-,51+,56-,57-,58-,59-,60-,61-,62+,63-,64-,65-,66-,67-/m0/s1. The molecule has 8 rings (SSSR count). The van der Waals surface area contributed by atoms with Gasteiger partial charge in [-0.25, -0.2) is 0 Å². The summed E-state index contributed by atoms with van der Waals surface area (Å²) < 4.78 is 0. The summed E-state index contributed by atoms with van der Waals surface area (Å²) in [7, 11) is 3.76. The first-order valence-corrected chi connectivity index (χ1v) is 44.3. The number of aliphatic hydroxyl groups excluding tert-OH is 2. The number of nitrogens with one attached hydrogen (secondary N) is 14. The van der Waals surface area contributed by atoms with Crippen molar-refractivity contribution in [2.24, 2.45) is 28.9 Å². The minimum Gasteiger partial charge on any atom is -0.508 e. The van der Waals surface area contributed by atoms with Crippen molar-refractivity contribution >= 4 is 146 Å². The van der Waals surface area contributed by atoms with Crippen LogP contribution in [0.1, 0.15) is 122 Å². The van der Waals surface area contributed by atoms with Crippen LogP contribution in [0.15, 0.2) is 85.2 Å². The molecule has 0 radical (unpaired) electrons. The van der Waals surface area contributed by atoms with Gasteiger partial charge in [0.2, 0.25) is 106 Å². The van der Waals surface area contributed by atoms with Crippen molar-refractivity contribution < 1.29 is 102 Å². The van der Waals surface area contributed by atoms with Crippen LogP contribution in [0, 0.1) is 11.3 Å². The summed E-state index contributed by atoms with van der Waals surface area (Å²) in [6.45, 7) is 5.18. The highest BCUT2D eigenvalue weighted by Crippen LogP contribution is 2.28. The van der Waals surface area contributed by atoms with Crippen molar-refractivity contribution in [2.75, 3.05) is 65.4 Å². The predicted molar refractivity (Wildman–Crippen MR) is 477 cm³/mol. The number of fused-ring (bicyclic) bond motifs is 4. The fraction of sp³-hybridized carbons (Fsp3) is 0.523. The molecule has 2 aromatic heterocycles. The maximum atomic E-state index is 15.6. The molecule has 15 atom stereocenters. The third-order valence-corrected chi connectivity index (χ3v) is 24.1. The highest BCUT2D eigenvalue weighted by atomic mass is 32.2. The van der Waals surface area contributed by atoms with Gasteiger partial charge in [-0.1, -0.05) is 82.1 Å². The van der Waals surface area contributed by atoms with Gasteiger partial charge in [0, 0.05) is 106 Å². The van der Waals surface area contributed by atoms with Crippen LogP contribution in [0.4, 0.5) is 0 Å². The summed E-state index contributed by atoms with van der Waals surface area (Å²) in [6.07, 6.45) is -0.937. The quantitative estimate of drug-likeness (QED) is 0.0165. The molecule has 3 aliphatic rings. The number of aliphatic hydroxyl groups is 2. The number of hydrogen-bond donors (Lipinski definition) is 21. The van der Waals surface area contributed by atoms with Gasteiger partial charge in [-0.05, 0) is 99.2 Å². The molecule has 131 heavy (non-hydrogen) atoms. The number of thioether (sulfide) groups is 1. The lowest BCUT2D eigenvalue weighted by atomic mass is 10.0. The molecule has 0 spiro atoms. The second kappa shape index (κ2) is 48.3. The van der Waals surface area contributed by atoms with Crippen LogP contribution in [-0.2, 0) is 106 Å². The first kappa shape index (κ1) is 103. The second-order valence-electron chi connectivity index (χ2n) is 33.4. The molecule has 45 heteroatoms. The van der Waals surface area contributed by atoms with E-state index in [2.05, 4.69) is 68.5 Å². The van der Waals surface area contributed by atoms with Gasteiger partial charge < -0.3 is 131 Å². The highest BCUT2D eigenvalue weighted by Gasteiger charge is 2.47. The maximum absolute atomic E-state index is 15.6. The van der Waals surface area contributed by atoms with Gasteiger partial charge >= 0.3 is 0 Å². The number of carbonyl (C=O) groups excluding carboxylic acids is 18. The number of H-pyrrole nitrogens is 2. The minimum atomic E-state index is -1.91. The molecule has 18 amide bonds. The van der Waals surface area contributed by atoms with Crippen molar-refractivity contribution in [1.29, 1.82) is 5.41 Å². The Morgan fingerprint density at radius 3 is 1.63 bits per heavy atom. The number of aromatic hydroxyl groups is 1.